The topological polar surface area (TPSA) is 48.4 Å². The van der Waals surface area contributed by atoms with Crippen LogP contribution in [0.15, 0.2) is 28.9 Å². The molecule has 1 heterocycles. The van der Waals surface area contributed by atoms with Gasteiger partial charge in [0.1, 0.15) is 11.4 Å². The molecule has 0 aliphatic heterocycles. The van der Waals surface area contributed by atoms with Crippen molar-refractivity contribution in [2.24, 2.45) is 5.90 Å². The van der Waals surface area contributed by atoms with E-state index in [0.29, 0.717) is 29.6 Å². The van der Waals surface area contributed by atoms with Crippen molar-refractivity contribution in [2.45, 2.75) is 6.42 Å². The van der Waals surface area contributed by atoms with Crippen molar-refractivity contribution in [3.05, 3.63) is 35.8 Å². The average molecular weight is 195 g/mol. The standard InChI is InChI=1S/C10H10FNO2/c11-10-7(3-6-14-12)1-2-9-8(10)4-5-13-9/h1-2,4-5H,3,6,12H2. The maximum atomic E-state index is 13.7. The first-order valence-corrected chi connectivity index (χ1v) is 4.29. The fourth-order valence-electron chi connectivity index (χ4n) is 1.42. The highest BCUT2D eigenvalue weighted by Gasteiger charge is 2.08. The number of rotatable bonds is 3. The van der Waals surface area contributed by atoms with Gasteiger partial charge in [0.2, 0.25) is 0 Å². The van der Waals surface area contributed by atoms with Crippen LogP contribution < -0.4 is 5.90 Å². The zero-order valence-electron chi connectivity index (χ0n) is 7.50. The number of fused-ring (bicyclic) bond motifs is 1. The molecule has 2 aromatic rings. The van der Waals surface area contributed by atoms with E-state index in [9.17, 15) is 4.39 Å². The molecule has 14 heavy (non-hydrogen) atoms. The van der Waals surface area contributed by atoms with Crippen molar-refractivity contribution >= 4 is 11.0 Å². The van der Waals surface area contributed by atoms with Gasteiger partial charge in [-0.2, -0.15) is 0 Å². The molecule has 74 valence electrons. The summed E-state index contributed by atoms with van der Waals surface area (Å²) in [5, 5.41) is 0.500. The zero-order valence-corrected chi connectivity index (χ0v) is 7.50. The molecule has 0 aliphatic carbocycles. The summed E-state index contributed by atoms with van der Waals surface area (Å²) in [4.78, 5) is 4.40. The summed E-state index contributed by atoms with van der Waals surface area (Å²) in [6, 6.07) is 5.03. The van der Waals surface area contributed by atoms with Crippen LogP contribution in [0, 0.1) is 5.82 Å². The van der Waals surface area contributed by atoms with Gasteiger partial charge in [-0.15, -0.1) is 0 Å². The van der Waals surface area contributed by atoms with Gasteiger partial charge >= 0.3 is 0 Å². The number of hydrogen-bond acceptors (Lipinski definition) is 3. The molecule has 3 nitrogen and oxygen atoms in total. The lowest BCUT2D eigenvalue weighted by atomic mass is 10.1. The lowest BCUT2D eigenvalue weighted by Gasteiger charge is -2.02. The van der Waals surface area contributed by atoms with Crippen LogP contribution in [0.4, 0.5) is 4.39 Å². The van der Waals surface area contributed by atoms with Gasteiger partial charge in [0.05, 0.1) is 18.3 Å². The third-order valence-electron chi connectivity index (χ3n) is 2.14. The van der Waals surface area contributed by atoms with Crippen LogP contribution in [0.5, 0.6) is 0 Å². The highest BCUT2D eigenvalue weighted by Crippen LogP contribution is 2.22. The monoisotopic (exact) mass is 195 g/mol. The van der Waals surface area contributed by atoms with Crippen molar-refractivity contribution in [2.75, 3.05) is 6.61 Å². The van der Waals surface area contributed by atoms with Gasteiger partial charge in [-0.1, -0.05) is 6.07 Å². The van der Waals surface area contributed by atoms with Gasteiger partial charge in [0.15, 0.2) is 0 Å². The Morgan fingerprint density at radius 1 is 1.36 bits per heavy atom. The molecule has 0 atom stereocenters. The van der Waals surface area contributed by atoms with Crippen LogP contribution in [-0.2, 0) is 11.3 Å². The molecule has 4 heteroatoms. The smallest absolute Gasteiger partial charge is 0.137 e. The minimum absolute atomic E-state index is 0.256. The van der Waals surface area contributed by atoms with Crippen molar-refractivity contribution in [3.63, 3.8) is 0 Å². The van der Waals surface area contributed by atoms with E-state index in [4.69, 9.17) is 10.3 Å². The van der Waals surface area contributed by atoms with Crippen LogP contribution in [0.25, 0.3) is 11.0 Å². The maximum absolute atomic E-state index is 13.7. The molecule has 1 aromatic heterocycles. The largest absolute Gasteiger partial charge is 0.464 e. The summed E-state index contributed by atoms with van der Waals surface area (Å²) >= 11 is 0. The molecule has 0 bridgehead atoms. The van der Waals surface area contributed by atoms with E-state index in [2.05, 4.69) is 4.84 Å². The lowest BCUT2D eigenvalue weighted by Crippen LogP contribution is -2.04. The summed E-state index contributed by atoms with van der Waals surface area (Å²) in [7, 11) is 0. The summed E-state index contributed by atoms with van der Waals surface area (Å²) in [5.74, 6) is 4.62. The highest BCUT2D eigenvalue weighted by atomic mass is 19.1. The van der Waals surface area contributed by atoms with E-state index >= 15 is 0 Å². The molecule has 0 saturated heterocycles. The molecule has 1 aromatic carbocycles. The first-order valence-electron chi connectivity index (χ1n) is 4.29. The minimum Gasteiger partial charge on any atom is -0.464 e. The number of nitrogens with two attached hydrogens (primary N) is 1. The zero-order chi connectivity index (χ0) is 9.97. The van der Waals surface area contributed by atoms with E-state index in [1.807, 2.05) is 0 Å². The van der Waals surface area contributed by atoms with Crippen LogP contribution in [0.3, 0.4) is 0 Å². The van der Waals surface area contributed by atoms with Gasteiger partial charge < -0.3 is 9.25 Å². The molecule has 0 saturated carbocycles. The number of benzene rings is 1. The summed E-state index contributed by atoms with van der Waals surface area (Å²) < 4.78 is 18.7. The Labute approximate surface area is 80.2 Å². The third kappa shape index (κ3) is 1.49. The molecular weight excluding hydrogens is 185 g/mol. The van der Waals surface area contributed by atoms with Gasteiger partial charge in [-0.25, -0.2) is 10.3 Å². The Morgan fingerprint density at radius 2 is 2.21 bits per heavy atom. The second kappa shape index (κ2) is 3.77. The second-order valence-electron chi connectivity index (χ2n) is 2.99. The molecule has 0 spiro atoms. The first-order chi connectivity index (χ1) is 6.83. The fourth-order valence-corrected chi connectivity index (χ4v) is 1.42. The molecule has 0 unspecified atom stereocenters. The summed E-state index contributed by atoms with van der Waals surface area (Å²) in [6.45, 7) is 0.306. The van der Waals surface area contributed by atoms with Crippen molar-refractivity contribution in [1.29, 1.82) is 0 Å². The highest BCUT2D eigenvalue weighted by molar-refractivity contribution is 5.78. The SMILES string of the molecule is NOCCc1ccc2occc2c1F. The Balaban J connectivity index is 2.40. The molecule has 0 aliphatic rings. The van der Waals surface area contributed by atoms with Gasteiger partial charge in [-0.05, 0) is 17.7 Å². The predicted molar refractivity (Wildman–Crippen MR) is 50.0 cm³/mol. The molecule has 2 rings (SSSR count). The Hall–Kier alpha value is -1.39. The molecular formula is C10H10FNO2. The van der Waals surface area contributed by atoms with Crippen LogP contribution in [0.1, 0.15) is 5.56 Å². The van der Waals surface area contributed by atoms with Gasteiger partial charge in [0.25, 0.3) is 0 Å². The minimum atomic E-state index is -0.256. The third-order valence-corrected chi connectivity index (χ3v) is 2.14. The van der Waals surface area contributed by atoms with E-state index < -0.39 is 0 Å². The molecule has 0 fully saturated rings. The van der Waals surface area contributed by atoms with Crippen molar-refractivity contribution in [3.8, 4) is 0 Å². The molecule has 0 radical (unpaired) electrons. The predicted octanol–water partition coefficient (Wildman–Crippen LogP) is 2.00. The number of furan rings is 1. The maximum Gasteiger partial charge on any atom is 0.137 e. The number of halogens is 1. The molecule has 2 N–H and O–H groups in total. The lowest BCUT2D eigenvalue weighted by molar-refractivity contribution is 0.140. The number of hydrogen-bond donors (Lipinski definition) is 1. The fraction of sp³-hybridized carbons (Fsp3) is 0.200. The first kappa shape index (κ1) is 9.18. The van der Waals surface area contributed by atoms with Crippen LogP contribution in [0.2, 0.25) is 0 Å². The van der Waals surface area contributed by atoms with Crippen LogP contribution >= 0.6 is 0 Å². The summed E-state index contributed by atoms with van der Waals surface area (Å²) in [5.41, 5.74) is 1.14. The van der Waals surface area contributed by atoms with Crippen LogP contribution in [-0.4, -0.2) is 6.61 Å². The van der Waals surface area contributed by atoms with E-state index in [1.54, 1.807) is 18.2 Å². The summed E-state index contributed by atoms with van der Waals surface area (Å²) in [6.07, 6.45) is 1.93. The van der Waals surface area contributed by atoms with Gasteiger partial charge in [-0.3, -0.25) is 0 Å². The van der Waals surface area contributed by atoms with Crippen molar-refractivity contribution < 1.29 is 13.6 Å². The second-order valence-corrected chi connectivity index (χ2v) is 2.99. The van der Waals surface area contributed by atoms with E-state index in [1.165, 1.54) is 6.26 Å². The normalized spacial score (nSPS) is 11.0. The molecule has 0 amide bonds. The Bertz CT molecular complexity index is 439. The van der Waals surface area contributed by atoms with E-state index in [-0.39, 0.29) is 5.82 Å². The quantitative estimate of drug-likeness (QED) is 0.762. The Kier molecular flexibility index (Phi) is 2.47. The van der Waals surface area contributed by atoms with E-state index in [0.717, 1.165) is 0 Å². The Morgan fingerprint density at radius 3 is 3.00 bits per heavy atom. The average Bonchev–Trinajstić information content (AvgIpc) is 2.66. The van der Waals surface area contributed by atoms with Gasteiger partial charge in [0, 0.05) is 6.42 Å². The van der Waals surface area contributed by atoms with Crippen molar-refractivity contribution in [1.82, 2.24) is 0 Å².